The highest BCUT2D eigenvalue weighted by Gasteiger charge is 2.15. The maximum Gasteiger partial charge on any atom is 0.115 e. The molecule has 0 aromatic carbocycles. The highest BCUT2D eigenvalue weighted by Crippen LogP contribution is 2.18. The molecule has 1 atom stereocenters. The van der Waals surface area contributed by atoms with Crippen molar-refractivity contribution in [2.75, 3.05) is 6.54 Å². The summed E-state index contributed by atoms with van der Waals surface area (Å²) in [6.45, 7) is 3.17. The third-order valence-electron chi connectivity index (χ3n) is 2.11. The maximum absolute atomic E-state index is 4.22. The first-order valence-electron chi connectivity index (χ1n) is 3.90. The van der Waals surface area contributed by atoms with Gasteiger partial charge in [0.25, 0.3) is 0 Å². The molecule has 1 unspecified atom stereocenters. The van der Waals surface area contributed by atoms with E-state index in [1.54, 1.807) is 6.33 Å². The lowest BCUT2D eigenvalue weighted by atomic mass is 10.0. The lowest BCUT2D eigenvalue weighted by molar-refractivity contribution is 0.529. The van der Waals surface area contributed by atoms with Crippen molar-refractivity contribution in [3.05, 3.63) is 23.8 Å². The van der Waals surface area contributed by atoms with Crippen molar-refractivity contribution < 1.29 is 0 Å². The van der Waals surface area contributed by atoms with Gasteiger partial charge >= 0.3 is 0 Å². The molecular formula is C8H11N3. The molecule has 0 spiro atoms. The summed E-state index contributed by atoms with van der Waals surface area (Å²) in [5.41, 5.74) is 2.45. The molecule has 0 fully saturated rings. The Bertz CT molecular complexity index is 259. The Labute approximate surface area is 65.9 Å². The van der Waals surface area contributed by atoms with E-state index in [2.05, 4.69) is 22.2 Å². The van der Waals surface area contributed by atoms with Crippen LogP contribution in [-0.2, 0) is 6.42 Å². The first kappa shape index (κ1) is 6.73. The predicted molar refractivity (Wildman–Crippen MR) is 42.2 cm³/mol. The van der Waals surface area contributed by atoms with Gasteiger partial charge in [0.05, 0.1) is 0 Å². The van der Waals surface area contributed by atoms with Crippen molar-refractivity contribution in [3.63, 3.8) is 0 Å². The Hall–Kier alpha value is -0.960. The van der Waals surface area contributed by atoms with Crippen LogP contribution >= 0.6 is 0 Å². The molecule has 3 nitrogen and oxygen atoms in total. The standard InChI is InChI=1S/C8H11N3/c1-6-7-4-9-5-11-8(7)2-3-10-6/h4-6,10H,2-3H2,1H3. The molecule has 0 bridgehead atoms. The second kappa shape index (κ2) is 2.58. The molecule has 1 aliphatic heterocycles. The fraction of sp³-hybridized carbons (Fsp3) is 0.500. The van der Waals surface area contributed by atoms with Crippen LogP contribution in [0.4, 0.5) is 0 Å². The molecule has 1 aromatic heterocycles. The van der Waals surface area contributed by atoms with Gasteiger partial charge in [0.2, 0.25) is 0 Å². The number of aromatic nitrogens is 2. The van der Waals surface area contributed by atoms with Gasteiger partial charge in [0, 0.05) is 36.5 Å². The Morgan fingerprint density at radius 3 is 3.36 bits per heavy atom. The number of hydrogen-bond acceptors (Lipinski definition) is 3. The number of hydrogen-bond donors (Lipinski definition) is 1. The number of fused-ring (bicyclic) bond motifs is 1. The molecule has 0 aliphatic carbocycles. The van der Waals surface area contributed by atoms with Crippen LogP contribution in [-0.4, -0.2) is 16.5 Å². The number of rotatable bonds is 0. The van der Waals surface area contributed by atoms with Gasteiger partial charge < -0.3 is 5.32 Å². The monoisotopic (exact) mass is 149 g/mol. The van der Waals surface area contributed by atoms with Crippen LogP contribution in [0.25, 0.3) is 0 Å². The van der Waals surface area contributed by atoms with Gasteiger partial charge in [0.15, 0.2) is 0 Å². The molecule has 0 saturated heterocycles. The molecule has 3 heteroatoms. The summed E-state index contributed by atoms with van der Waals surface area (Å²) in [7, 11) is 0. The second-order valence-corrected chi connectivity index (χ2v) is 2.85. The number of nitrogens with one attached hydrogen (secondary N) is 1. The summed E-state index contributed by atoms with van der Waals surface area (Å²) in [4.78, 5) is 8.22. The largest absolute Gasteiger partial charge is 0.310 e. The van der Waals surface area contributed by atoms with Crippen molar-refractivity contribution in [2.24, 2.45) is 0 Å². The molecule has 11 heavy (non-hydrogen) atoms. The number of nitrogens with zero attached hydrogens (tertiary/aromatic N) is 2. The van der Waals surface area contributed by atoms with Gasteiger partial charge in [-0.25, -0.2) is 9.97 Å². The molecule has 2 rings (SSSR count). The molecule has 58 valence electrons. The normalized spacial score (nSPS) is 22.8. The van der Waals surface area contributed by atoms with E-state index in [0.29, 0.717) is 6.04 Å². The molecule has 0 amide bonds. The molecular weight excluding hydrogens is 138 g/mol. The van der Waals surface area contributed by atoms with E-state index in [0.717, 1.165) is 13.0 Å². The van der Waals surface area contributed by atoms with Gasteiger partial charge in [-0.05, 0) is 6.92 Å². The van der Waals surface area contributed by atoms with Gasteiger partial charge in [-0.1, -0.05) is 0 Å². The first-order chi connectivity index (χ1) is 5.38. The quantitative estimate of drug-likeness (QED) is 0.589. The zero-order valence-corrected chi connectivity index (χ0v) is 6.54. The van der Waals surface area contributed by atoms with Crippen molar-refractivity contribution in [1.82, 2.24) is 15.3 Å². The molecule has 2 heterocycles. The van der Waals surface area contributed by atoms with Crippen LogP contribution in [0.3, 0.4) is 0 Å². The van der Waals surface area contributed by atoms with E-state index < -0.39 is 0 Å². The van der Waals surface area contributed by atoms with Crippen molar-refractivity contribution in [2.45, 2.75) is 19.4 Å². The van der Waals surface area contributed by atoms with Crippen LogP contribution in [0, 0.1) is 0 Å². The zero-order valence-electron chi connectivity index (χ0n) is 6.54. The van der Waals surface area contributed by atoms with Crippen molar-refractivity contribution in [3.8, 4) is 0 Å². The first-order valence-corrected chi connectivity index (χ1v) is 3.90. The van der Waals surface area contributed by atoms with Crippen molar-refractivity contribution >= 4 is 0 Å². The second-order valence-electron chi connectivity index (χ2n) is 2.85. The maximum atomic E-state index is 4.22. The van der Waals surface area contributed by atoms with E-state index in [4.69, 9.17) is 0 Å². The van der Waals surface area contributed by atoms with Gasteiger partial charge in [0.1, 0.15) is 6.33 Å². The predicted octanol–water partition coefficient (Wildman–Crippen LogP) is 0.683. The Balaban J connectivity index is 2.44. The van der Waals surface area contributed by atoms with E-state index in [9.17, 15) is 0 Å². The molecule has 1 aliphatic rings. The van der Waals surface area contributed by atoms with Crippen molar-refractivity contribution in [1.29, 1.82) is 0 Å². The summed E-state index contributed by atoms with van der Waals surface area (Å²) in [5.74, 6) is 0. The SMILES string of the molecule is CC1NCCc2ncncc21. The minimum Gasteiger partial charge on any atom is -0.310 e. The van der Waals surface area contributed by atoms with Crippen LogP contribution in [0.1, 0.15) is 24.2 Å². The topological polar surface area (TPSA) is 37.8 Å². The molecule has 0 saturated carbocycles. The Morgan fingerprint density at radius 1 is 1.64 bits per heavy atom. The van der Waals surface area contributed by atoms with E-state index in [-0.39, 0.29) is 0 Å². The van der Waals surface area contributed by atoms with Crippen LogP contribution in [0.5, 0.6) is 0 Å². The Kier molecular flexibility index (Phi) is 1.58. The fourth-order valence-electron chi connectivity index (χ4n) is 1.45. The lowest BCUT2D eigenvalue weighted by Gasteiger charge is -2.21. The average Bonchev–Trinajstić information content (AvgIpc) is 2.06. The average molecular weight is 149 g/mol. The third kappa shape index (κ3) is 1.12. The van der Waals surface area contributed by atoms with Gasteiger partial charge in [-0.3, -0.25) is 0 Å². The van der Waals surface area contributed by atoms with Crippen LogP contribution in [0.15, 0.2) is 12.5 Å². The fourth-order valence-corrected chi connectivity index (χ4v) is 1.45. The van der Waals surface area contributed by atoms with E-state index in [1.165, 1.54) is 11.3 Å². The van der Waals surface area contributed by atoms with Gasteiger partial charge in [-0.2, -0.15) is 0 Å². The van der Waals surface area contributed by atoms with Crippen LogP contribution in [0.2, 0.25) is 0 Å². The minimum absolute atomic E-state index is 0.417. The molecule has 1 N–H and O–H groups in total. The molecule has 1 aromatic rings. The summed E-state index contributed by atoms with van der Waals surface area (Å²) in [5, 5.41) is 3.36. The molecule has 0 radical (unpaired) electrons. The van der Waals surface area contributed by atoms with E-state index in [1.807, 2.05) is 6.20 Å². The summed E-state index contributed by atoms with van der Waals surface area (Å²) >= 11 is 0. The third-order valence-corrected chi connectivity index (χ3v) is 2.11. The minimum atomic E-state index is 0.417. The highest BCUT2D eigenvalue weighted by atomic mass is 14.9. The smallest absolute Gasteiger partial charge is 0.115 e. The zero-order chi connectivity index (χ0) is 7.68. The van der Waals surface area contributed by atoms with Crippen LogP contribution < -0.4 is 5.32 Å². The summed E-state index contributed by atoms with van der Waals surface area (Å²) < 4.78 is 0. The summed E-state index contributed by atoms with van der Waals surface area (Å²) in [6.07, 6.45) is 4.55. The van der Waals surface area contributed by atoms with Gasteiger partial charge in [-0.15, -0.1) is 0 Å². The lowest BCUT2D eigenvalue weighted by Crippen LogP contribution is -2.28. The van der Waals surface area contributed by atoms with E-state index >= 15 is 0 Å². The Morgan fingerprint density at radius 2 is 2.55 bits per heavy atom. The highest BCUT2D eigenvalue weighted by molar-refractivity contribution is 5.22. The summed E-state index contributed by atoms with van der Waals surface area (Å²) in [6, 6.07) is 0.417.